The second-order valence-electron chi connectivity index (χ2n) is 7.65. The lowest BCUT2D eigenvalue weighted by Gasteiger charge is -2.32. The van der Waals surface area contributed by atoms with Crippen LogP contribution >= 0.6 is 0 Å². The van der Waals surface area contributed by atoms with E-state index in [9.17, 15) is 4.79 Å². The molecule has 1 aromatic heterocycles. The van der Waals surface area contributed by atoms with E-state index < -0.39 is 0 Å². The van der Waals surface area contributed by atoms with E-state index in [1.165, 1.54) is 25.7 Å². The van der Waals surface area contributed by atoms with Crippen LogP contribution in [0.4, 0.5) is 0 Å². The number of nitrogens with zero attached hydrogens (tertiary/aromatic N) is 2. The van der Waals surface area contributed by atoms with Crippen LogP contribution in [0.25, 0.3) is 0 Å². The molecule has 4 unspecified atom stereocenters. The highest BCUT2D eigenvalue weighted by Crippen LogP contribution is 2.22. The van der Waals surface area contributed by atoms with Crippen molar-refractivity contribution in [3.8, 4) is 0 Å². The molecule has 4 heteroatoms. The summed E-state index contributed by atoms with van der Waals surface area (Å²) in [6, 6.07) is 0. The molecule has 1 amide bonds. The molecule has 0 aliphatic heterocycles. The summed E-state index contributed by atoms with van der Waals surface area (Å²) in [6.07, 6.45) is 8.11. The van der Waals surface area contributed by atoms with E-state index in [1.807, 2.05) is 4.90 Å². The number of hydrogen-bond acceptors (Lipinski definition) is 2. The van der Waals surface area contributed by atoms with Crippen LogP contribution in [0.3, 0.4) is 0 Å². The summed E-state index contributed by atoms with van der Waals surface area (Å²) < 4.78 is 0. The predicted octanol–water partition coefficient (Wildman–Crippen LogP) is 5.00. The van der Waals surface area contributed by atoms with Gasteiger partial charge in [-0.2, -0.15) is 0 Å². The number of H-pyrrole nitrogens is 1. The second kappa shape index (κ2) is 10.5. The average molecular weight is 336 g/mol. The fourth-order valence-electron chi connectivity index (χ4n) is 3.31. The quantitative estimate of drug-likeness (QED) is 0.619. The molecule has 1 aromatic rings. The Morgan fingerprint density at radius 1 is 1.00 bits per heavy atom. The first-order chi connectivity index (χ1) is 11.4. The topological polar surface area (TPSA) is 49.0 Å². The van der Waals surface area contributed by atoms with Gasteiger partial charge in [0.15, 0.2) is 0 Å². The average Bonchev–Trinajstić information content (AvgIpc) is 3.08. The van der Waals surface area contributed by atoms with Gasteiger partial charge >= 0.3 is 0 Å². The molecule has 0 radical (unpaired) electrons. The molecule has 1 rings (SSSR count). The van der Waals surface area contributed by atoms with Gasteiger partial charge in [-0.1, -0.05) is 67.2 Å². The Morgan fingerprint density at radius 2 is 1.50 bits per heavy atom. The highest BCUT2D eigenvalue weighted by Gasteiger charge is 2.25. The van der Waals surface area contributed by atoms with Crippen molar-refractivity contribution < 1.29 is 4.79 Å². The van der Waals surface area contributed by atoms with Gasteiger partial charge in [0.05, 0.1) is 6.33 Å². The van der Waals surface area contributed by atoms with Crippen LogP contribution in [0, 0.1) is 23.7 Å². The summed E-state index contributed by atoms with van der Waals surface area (Å²) >= 11 is 0. The molecule has 1 N–H and O–H groups in total. The number of carbonyl (C=O) groups excluding carboxylic acids is 1. The smallest absolute Gasteiger partial charge is 0.274 e. The summed E-state index contributed by atoms with van der Waals surface area (Å²) in [7, 11) is 0. The minimum Gasteiger partial charge on any atom is -0.350 e. The molecule has 0 bridgehead atoms. The van der Waals surface area contributed by atoms with Crippen LogP contribution in [0.2, 0.25) is 0 Å². The third-order valence-corrected chi connectivity index (χ3v) is 5.45. The summed E-state index contributed by atoms with van der Waals surface area (Å²) in [5.74, 6) is 2.33. The molecule has 1 heterocycles. The van der Waals surface area contributed by atoms with Crippen molar-refractivity contribution in [2.24, 2.45) is 23.7 Å². The Bertz CT molecular complexity index is 437. The lowest BCUT2D eigenvalue weighted by molar-refractivity contribution is 0.0659. The fraction of sp³-hybridized carbons (Fsp3) is 0.800. The first kappa shape index (κ1) is 20.7. The largest absolute Gasteiger partial charge is 0.350 e. The van der Waals surface area contributed by atoms with Crippen molar-refractivity contribution in [1.82, 2.24) is 14.9 Å². The van der Waals surface area contributed by atoms with E-state index in [2.05, 4.69) is 51.5 Å². The molecule has 0 fully saturated rings. The second-order valence-corrected chi connectivity index (χ2v) is 7.65. The molecule has 4 atom stereocenters. The van der Waals surface area contributed by atoms with E-state index in [0.717, 1.165) is 13.1 Å². The van der Waals surface area contributed by atoms with Gasteiger partial charge in [-0.15, -0.1) is 0 Å². The minimum absolute atomic E-state index is 0.0577. The Balaban J connectivity index is 2.81. The molecule has 0 aromatic carbocycles. The van der Waals surface area contributed by atoms with Gasteiger partial charge < -0.3 is 9.88 Å². The zero-order valence-electron chi connectivity index (χ0n) is 16.5. The maximum Gasteiger partial charge on any atom is 0.274 e. The van der Waals surface area contributed by atoms with E-state index in [0.29, 0.717) is 29.4 Å². The molecule has 0 saturated heterocycles. The Hall–Kier alpha value is -1.32. The van der Waals surface area contributed by atoms with Crippen molar-refractivity contribution in [1.29, 1.82) is 0 Å². The third-order valence-electron chi connectivity index (χ3n) is 5.45. The number of rotatable bonds is 11. The van der Waals surface area contributed by atoms with Gasteiger partial charge in [0.1, 0.15) is 5.69 Å². The molecule has 24 heavy (non-hydrogen) atoms. The molecule has 0 aliphatic rings. The number of imidazole rings is 1. The van der Waals surface area contributed by atoms with Crippen molar-refractivity contribution >= 4 is 5.91 Å². The lowest BCUT2D eigenvalue weighted by Crippen LogP contribution is -2.40. The number of hydrogen-bond donors (Lipinski definition) is 1. The summed E-state index contributed by atoms with van der Waals surface area (Å²) in [4.78, 5) is 22.0. The minimum atomic E-state index is 0.0577. The zero-order chi connectivity index (χ0) is 18.1. The summed E-state index contributed by atoms with van der Waals surface area (Å²) in [5.41, 5.74) is 0.528. The van der Waals surface area contributed by atoms with Crippen molar-refractivity contribution in [2.45, 2.75) is 67.2 Å². The normalized spacial score (nSPS) is 16.4. The van der Waals surface area contributed by atoms with E-state index in [1.54, 1.807) is 12.5 Å². The molecule has 0 saturated carbocycles. The SMILES string of the molecule is CCCC(C)C(C)CN(CC(C)C(C)CCC)C(=O)c1c[nH]cn1. The van der Waals surface area contributed by atoms with Crippen LogP contribution in [0.15, 0.2) is 12.5 Å². The lowest BCUT2D eigenvalue weighted by atomic mass is 9.89. The van der Waals surface area contributed by atoms with Crippen LogP contribution in [-0.4, -0.2) is 33.9 Å². The third kappa shape index (κ3) is 6.29. The van der Waals surface area contributed by atoms with E-state index in [4.69, 9.17) is 0 Å². The Kier molecular flexibility index (Phi) is 9.09. The number of amides is 1. The van der Waals surface area contributed by atoms with Crippen LogP contribution in [0.1, 0.15) is 77.7 Å². The number of carbonyl (C=O) groups is 1. The van der Waals surface area contributed by atoms with Gasteiger partial charge in [0.25, 0.3) is 5.91 Å². The number of nitrogens with one attached hydrogen (secondary N) is 1. The van der Waals surface area contributed by atoms with Gasteiger partial charge in [-0.05, 0) is 23.7 Å². The van der Waals surface area contributed by atoms with E-state index >= 15 is 0 Å². The fourth-order valence-corrected chi connectivity index (χ4v) is 3.31. The van der Waals surface area contributed by atoms with E-state index in [-0.39, 0.29) is 5.91 Å². The van der Waals surface area contributed by atoms with Crippen molar-refractivity contribution in [2.75, 3.05) is 13.1 Å². The van der Waals surface area contributed by atoms with Crippen molar-refractivity contribution in [3.63, 3.8) is 0 Å². The number of aromatic nitrogens is 2. The van der Waals surface area contributed by atoms with Gasteiger partial charge in [-0.25, -0.2) is 4.98 Å². The zero-order valence-corrected chi connectivity index (χ0v) is 16.5. The molecular weight excluding hydrogens is 298 g/mol. The standard InChI is InChI=1S/C20H37N3O/c1-7-9-15(3)17(5)12-23(13-18(6)16(4)10-8-2)20(24)19-11-21-14-22-19/h11,14-18H,7-10,12-13H2,1-6H3,(H,21,22). The summed E-state index contributed by atoms with van der Waals surface area (Å²) in [6.45, 7) is 15.2. The van der Waals surface area contributed by atoms with Gasteiger partial charge in [0.2, 0.25) is 0 Å². The maximum absolute atomic E-state index is 12.9. The highest BCUT2D eigenvalue weighted by atomic mass is 16.2. The summed E-state index contributed by atoms with van der Waals surface area (Å²) in [5, 5.41) is 0. The predicted molar refractivity (Wildman–Crippen MR) is 101 cm³/mol. The number of aromatic amines is 1. The molecule has 0 aliphatic carbocycles. The monoisotopic (exact) mass is 335 g/mol. The van der Waals surface area contributed by atoms with Crippen LogP contribution in [0.5, 0.6) is 0 Å². The van der Waals surface area contributed by atoms with Gasteiger partial charge in [-0.3, -0.25) is 4.79 Å². The molecule has 138 valence electrons. The van der Waals surface area contributed by atoms with Crippen LogP contribution in [-0.2, 0) is 0 Å². The molecular formula is C20H37N3O. The molecule has 4 nitrogen and oxygen atoms in total. The first-order valence-electron chi connectivity index (χ1n) is 9.68. The first-order valence-corrected chi connectivity index (χ1v) is 9.68. The Morgan fingerprint density at radius 3 is 1.88 bits per heavy atom. The Labute approximate surface area is 148 Å². The van der Waals surface area contributed by atoms with Crippen LogP contribution < -0.4 is 0 Å². The highest BCUT2D eigenvalue weighted by molar-refractivity contribution is 5.92. The molecule has 0 spiro atoms. The van der Waals surface area contributed by atoms with Crippen molar-refractivity contribution in [3.05, 3.63) is 18.2 Å². The van der Waals surface area contributed by atoms with Gasteiger partial charge in [0, 0.05) is 19.3 Å². The maximum atomic E-state index is 12.9.